The Bertz CT molecular complexity index is 171. The second kappa shape index (κ2) is 2.39. The van der Waals surface area contributed by atoms with Crippen molar-refractivity contribution in [1.29, 1.82) is 0 Å². The van der Waals surface area contributed by atoms with Gasteiger partial charge in [-0.05, 0) is 0 Å². The van der Waals surface area contributed by atoms with Gasteiger partial charge in [0.2, 0.25) is 5.91 Å². The Labute approximate surface area is 62.0 Å². The van der Waals surface area contributed by atoms with Crippen LogP contribution in [0.2, 0.25) is 0 Å². The maximum atomic E-state index is 11.8. The van der Waals surface area contributed by atoms with Gasteiger partial charge < -0.3 is 4.90 Å². The molecular formula is C6H8F3NO. The van der Waals surface area contributed by atoms with Crippen molar-refractivity contribution >= 4 is 5.91 Å². The minimum Gasteiger partial charge on any atom is -0.342 e. The molecule has 0 aliphatic carbocycles. The Morgan fingerprint density at radius 3 is 2.18 bits per heavy atom. The fraction of sp³-hybridized carbons (Fsp3) is 0.833. The minimum absolute atomic E-state index is 0.168. The topological polar surface area (TPSA) is 20.3 Å². The lowest BCUT2D eigenvalue weighted by atomic mass is 10.00. The summed E-state index contributed by atoms with van der Waals surface area (Å²) in [5.41, 5.74) is 0. The van der Waals surface area contributed by atoms with Crippen molar-refractivity contribution in [3.63, 3.8) is 0 Å². The van der Waals surface area contributed by atoms with Gasteiger partial charge in [-0.1, -0.05) is 0 Å². The Morgan fingerprint density at radius 2 is 1.91 bits per heavy atom. The van der Waals surface area contributed by atoms with E-state index in [1.807, 2.05) is 0 Å². The molecule has 1 heterocycles. The maximum Gasteiger partial charge on any atom is 0.395 e. The molecule has 0 atom stereocenters. The SMILES string of the molecule is CC(=O)N1CC(C(F)(F)F)C1. The first kappa shape index (κ1) is 8.36. The summed E-state index contributed by atoms with van der Waals surface area (Å²) < 4.78 is 35.4. The summed E-state index contributed by atoms with van der Waals surface area (Å²) in [6.07, 6.45) is -4.13. The summed E-state index contributed by atoms with van der Waals surface area (Å²) in [7, 11) is 0. The molecule has 5 heteroatoms. The molecule has 1 rings (SSSR count). The van der Waals surface area contributed by atoms with Gasteiger partial charge in [0.1, 0.15) is 0 Å². The molecular weight excluding hydrogens is 159 g/mol. The summed E-state index contributed by atoms with van der Waals surface area (Å²) in [5, 5.41) is 0. The van der Waals surface area contributed by atoms with E-state index in [0.29, 0.717) is 0 Å². The molecule has 0 saturated carbocycles. The summed E-state index contributed by atoms with van der Waals surface area (Å²) in [6, 6.07) is 0. The molecule has 1 amide bonds. The monoisotopic (exact) mass is 167 g/mol. The number of rotatable bonds is 0. The van der Waals surface area contributed by atoms with Crippen LogP contribution in [0, 0.1) is 5.92 Å². The minimum atomic E-state index is -4.13. The molecule has 0 bridgehead atoms. The second-order valence-corrected chi connectivity index (χ2v) is 2.66. The highest BCUT2D eigenvalue weighted by molar-refractivity contribution is 5.74. The van der Waals surface area contributed by atoms with Crippen molar-refractivity contribution < 1.29 is 18.0 Å². The van der Waals surface area contributed by atoms with Crippen molar-refractivity contribution in [2.24, 2.45) is 5.92 Å². The van der Waals surface area contributed by atoms with Crippen LogP contribution in [0.4, 0.5) is 13.2 Å². The highest BCUT2D eigenvalue weighted by Crippen LogP contribution is 2.33. The number of hydrogen-bond acceptors (Lipinski definition) is 1. The number of amides is 1. The van der Waals surface area contributed by atoms with E-state index in [9.17, 15) is 18.0 Å². The third kappa shape index (κ3) is 1.64. The normalized spacial score (nSPS) is 19.8. The molecule has 0 aromatic rings. The molecule has 0 aromatic heterocycles. The van der Waals surface area contributed by atoms with Gasteiger partial charge in [-0.3, -0.25) is 4.79 Å². The van der Waals surface area contributed by atoms with E-state index in [2.05, 4.69) is 0 Å². The van der Waals surface area contributed by atoms with Crippen LogP contribution in [0.5, 0.6) is 0 Å². The van der Waals surface area contributed by atoms with Gasteiger partial charge in [0.25, 0.3) is 0 Å². The summed E-state index contributed by atoms with van der Waals surface area (Å²) in [5.74, 6) is -1.59. The first-order valence-electron chi connectivity index (χ1n) is 3.23. The first-order chi connectivity index (χ1) is 4.91. The van der Waals surface area contributed by atoms with Crippen LogP contribution in [0.25, 0.3) is 0 Å². The molecule has 2 nitrogen and oxygen atoms in total. The third-order valence-electron chi connectivity index (χ3n) is 1.79. The molecule has 1 aliphatic heterocycles. The number of halogens is 3. The number of hydrogen-bond donors (Lipinski definition) is 0. The van der Waals surface area contributed by atoms with Crippen LogP contribution in [0.3, 0.4) is 0 Å². The lowest BCUT2D eigenvalue weighted by molar-refractivity contribution is -0.209. The van der Waals surface area contributed by atoms with Crippen molar-refractivity contribution in [1.82, 2.24) is 4.90 Å². The summed E-state index contributed by atoms with van der Waals surface area (Å²) in [4.78, 5) is 11.6. The van der Waals surface area contributed by atoms with E-state index in [0.717, 1.165) is 0 Å². The smallest absolute Gasteiger partial charge is 0.342 e. The van der Waals surface area contributed by atoms with Crippen LogP contribution in [-0.4, -0.2) is 30.1 Å². The van der Waals surface area contributed by atoms with E-state index >= 15 is 0 Å². The summed E-state index contributed by atoms with van der Waals surface area (Å²) in [6.45, 7) is 0.935. The van der Waals surface area contributed by atoms with Gasteiger partial charge in [-0.2, -0.15) is 13.2 Å². The predicted molar refractivity (Wildman–Crippen MR) is 31.8 cm³/mol. The van der Waals surface area contributed by atoms with E-state index in [-0.39, 0.29) is 19.0 Å². The zero-order valence-corrected chi connectivity index (χ0v) is 5.98. The van der Waals surface area contributed by atoms with Crippen molar-refractivity contribution in [2.45, 2.75) is 13.1 Å². The lowest BCUT2D eigenvalue weighted by Gasteiger charge is -2.39. The zero-order chi connectivity index (χ0) is 8.65. The molecule has 0 N–H and O–H groups in total. The predicted octanol–water partition coefficient (Wildman–Crippen LogP) is 1.03. The molecule has 0 aromatic carbocycles. The maximum absolute atomic E-state index is 11.8. The number of nitrogens with zero attached hydrogens (tertiary/aromatic N) is 1. The second-order valence-electron chi connectivity index (χ2n) is 2.66. The van der Waals surface area contributed by atoms with Crippen LogP contribution >= 0.6 is 0 Å². The number of carbonyl (C=O) groups excluding carboxylic acids is 1. The molecule has 0 unspecified atom stereocenters. The van der Waals surface area contributed by atoms with Crippen LogP contribution < -0.4 is 0 Å². The largest absolute Gasteiger partial charge is 0.395 e. The first-order valence-corrected chi connectivity index (χ1v) is 3.23. The van der Waals surface area contributed by atoms with E-state index < -0.39 is 12.1 Å². The van der Waals surface area contributed by atoms with E-state index in [1.165, 1.54) is 11.8 Å². The average molecular weight is 167 g/mol. The lowest BCUT2D eigenvalue weighted by Crippen LogP contribution is -2.54. The molecule has 11 heavy (non-hydrogen) atoms. The van der Waals surface area contributed by atoms with Gasteiger partial charge in [0.05, 0.1) is 5.92 Å². The number of alkyl halides is 3. The van der Waals surface area contributed by atoms with E-state index in [1.54, 1.807) is 0 Å². The van der Waals surface area contributed by atoms with Crippen molar-refractivity contribution in [2.75, 3.05) is 13.1 Å². The average Bonchev–Trinajstić information content (AvgIpc) is 1.51. The number of likely N-dealkylation sites (tertiary alicyclic amines) is 1. The van der Waals surface area contributed by atoms with E-state index in [4.69, 9.17) is 0 Å². The zero-order valence-electron chi connectivity index (χ0n) is 5.98. The Kier molecular flexibility index (Phi) is 1.82. The molecule has 0 radical (unpaired) electrons. The van der Waals surface area contributed by atoms with Crippen LogP contribution in [0.1, 0.15) is 6.92 Å². The van der Waals surface area contributed by atoms with Gasteiger partial charge >= 0.3 is 6.18 Å². The fourth-order valence-corrected chi connectivity index (χ4v) is 0.943. The molecule has 1 aliphatic rings. The van der Waals surface area contributed by atoms with Gasteiger partial charge in [-0.15, -0.1) is 0 Å². The molecule has 1 fully saturated rings. The van der Waals surface area contributed by atoms with Crippen LogP contribution in [-0.2, 0) is 4.79 Å². The highest BCUT2D eigenvalue weighted by Gasteiger charge is 2.47. The Morgan fingerprint density at radius 1 is 1.45 bits per heavy atom. The molecule has 1 saturated heterocycles. The van der Waals surface area contributed by atoms with Crippen molar-refractivity contribution in [3.8, 4) is 0 Å². The standard InChI is InChI=1S/C6H8F3NO/c1-4(11)10-2-5(3-10)6(7,8)9/h5H,2-3H2,1H3. The highest BCUT2D eigenvalue weighted by atomic mass is 19.4. The number of carbonyl (C=O) groups is 1. The van der Waals surface area contributed by atoms with Gasteiger partial charge in [-0.25, -0.2) is 0 Å². The molecule has 0 spiro atoms. The van der Waals surface area contributed by atoms with Gasteiger partial charge in [0, 0.05) is 20.0 Å². The molecule has 64 valence electrons. The Hall–Kier alpha value is -0.740. The van der Waals surface area contributed by atoms with Crippen molar-refractivity contribution in [3.05, 3.63) is 0 Å². The fourth-order valence-electron chi connectivity index (χ4n) is 0.943. The summed E-state index contributed by atoms with van der Waals surface area (Å²) >= 11 is 0. The van der Waals surface area contributed by atoms with Gasteiger partial charge in [0.15, 0.2) is 0 Å². The van der Waals surface area contributed by atoms with Crippen LogP contribution in [0.15, 0.2) is 0 Å². The Balaban J connectivity index is 2.35. The quantitative estimate of drug-likeness (QED) is 0.527. The third-order valence-corrected chi connectivity index (χ3v) is 1.79.